The number of methoxy groups -OCH3 is 6. The molecule has 7 aromatic carbocycles. The molecule has 0 fully saturated rings. The molecule has 16 N–H and O–H groups in total. The van der Waals surface area contributed by atoms with Crippen LogP contribution in [0.15, 0.2) is 146 Å². The Hall–Kier alpha value is -6.77. The van der Waals surface area contributed by atoms with E-state index in [9.17, 15) is 44.2 Å². The van der Waals surface area contributed by atoms with Crippen LogP contribution in [0.1, 0.15) is 38.5 Å². The van der Waals surface area contributed by atoms with Crippen LogP contribution in [0.4, 0.5) is 34.1 Å². The molecule has 0 saturated carbocycles. The van der Waals surface area contributed by atoms with Gasteiger partial charge in [-0.2, -0.15) is 8.42 Å². The standard InChI is InChI=1S/C9H9BrN2O3.C9H6BrNO3.C8H6BrIO3.C8H8BrNO3.C7H6BrNO3.C7H8BrNO.C6H4BrNO3.C2H3Cl3O2.CH4.H2O4S.H2O2/c1-15-9-6(10)3-2-4-7(9)12-8(13)5-11-14;1-14-8-5(10)3-2-4-6(8)11-9(13)7(4)12;2*1-13-7-5(9)3-2-4(6(7)10)8(11)12;1-12-7-5(8)3-2-4-6(7)9(10)11;1-10-7-5(8)3-2-4-6(7)9;7-4-2-1-3-5(6(4)9)8(10)11;3-2(4,5)1(6)7;;1-5(2,3)4;1-2/h2-5,14H,1H3,(H,12,13);2-3H,1H3,(H,11,12,13);2-3H,1H3,(H,11,12);2-3H,10H2,1H3,(H,11,12);2-4H,1H3;2-4H,9H2,1H3;1-3,9H;1,6-7H;1H4;(H2,1,2,3,4);1-2H/b11-5+;;;;;;;;;;. The van der Waals surface area contributed by atoms with Gasteiger partial charge in [0.05, 0.1) is 127 Å². The number of carboxylic acid groups (broad SMARTS) is 2. The summed E-state index contributed by atoms with van der Waals surface area (Å²) in [5.74, 6) is -1.18. The van der Waals surface area contributed by atoms with Gasteiger partial charge < -0.3 is 81.3 Å². The third kappa shape index (κ3) is 35.3. The first kappa shape index (κ1) is 100. The summed E-state index contributed by atoms with van der Waals surface area (Å²) >= 11 is 39.1. The monoisotopic (exact) mass is 2090 g/mol. The molecule has 0 bridgehead atoms. The zero-order valence-electron chi connectivity index (χ0n) is 52.0. The van der Waals surface area contributed by atoms with Crippen molar-refractivity contribution in [1.82, 2.24) is 0 Å². The van der Waals surface area contributed by atoms with Crippen LogP contribution >= 0.6 is 169 Å². The quantitative estimate of drug-likeness (QED) is 0.00462. The Kier molecular flexibility index (Phi) is 49.4. The maximum Gasteiger partial charge on any atom is 0.394 e. The lowest BCUT2D eigenvalue weighted by Gasteiger charge is -2.10. The minimum absolute atomic E-state index is 0. The van der Waals surface area contributed by atoms with Gasteiger partial charge in [0.2, 0.25) is 15.3 Å². The number of fused-ring (bicyclic) bond motifs is 1. The number of nitrogens with two attached hydrogens (primary N) is 2. The number of Topliss-reactive ketones (excluding diaryl/α,β-unsaturated/α-hetero) is 1. The van der Waals surface area contributed by atoms with Crippen molar-refractivity contribution in [2.45, 2.75) is 17.5 Å². The number of nitrogen functional groups attached to an aromatic ring is 2. The highest BCUT2D eigenvalue weighted by Crippen LogP contribution is 2.40. The predicted octanol–water partition coefficient (Wildman–Crippen LogP) is 15.1. The molecule has 0 atom stereocenters. The van der Waals surface area contributed by atoms with Gasteiger partial charge in [0, 0.05) is 12.1 Å². The summed E-state index contributed by atoms with van der Waals surface area (Å²) in [6.07, 6.45) is -1.14. The predicted molar refractivity (Wildman–Crippen MR) is 415 cm³/mol. The van der Waals surface area contributed by atoms with Gasteiger partial charge in [-0.25, -0.2) is 9.59 Å². The van der Waals surface area contributed by atoms with Crippen LogP contribution in [-0.2, 0) is 20.0 Å². The summed E-state index contributed by atoms with van der Waals surface area (Å²) in [5, 5.41) is 91.1. The minimum Gasteiger partial charge on any atom is -0.501 e. The van der Waals surface area contributed by atoms with E-state index < -0.39 is 59.9 Å². The zero-order valence-corrected chi connectivity index (χ0v) is 68.4. The number of alkyl halides is 3. The number of benzene rings is 7. The van der Waals surface area contributed by atoms with Crippen molar-refractivity contribution in [3.63, 3.8) is 0 Å². The molecule has 1 heterocycles. The number of oxime groups is 1. The number of para-hydroxylation sites is 4. The molecule has 2 amide bonds. The van der Waals surface area contributed by atoms with Crippen LogP contribution in [0.25, 0.3) is 0 Å². The minimum atomic E-state index is -4.67. The van der Waals surface area contributed by atoms with E-state index in [0.29, 0.717) is 72.8 Å². The molecule has 103 heavy (non-hydrogen) atoms. The van der Waals surface area contributed by atoms with Crippen LogP contribution < -0.4 is 50.5 Å². The molecule has 1 aliphatic heterocycles. The first-order valence-corrected chi connectivity index (χ1v) is 34.8. The second-order valence-corrected chi connectivity index (χ2v) is 27.4. The number of ketones is 1. The third-order valence-electron chi connectivity index (χ3n) is 10.7. The van der Waals surface area contributed by atoms with Crippen molar-refractivity contribution >= 4 is 249 Å². The van der Waals surface area contributed by atoms with Gasteiger partial charge in [-0.15, -0.1) is 0 Å². The number of nitro groups is 2. The molecule has 0 saturated heterocycles. The van der Waals surface area contributed by atoms with E-state index in [1.807, 2.05) is 34.7 Å². The lowest BCUT2D eigenvalue weighted by molar-refractivity contribution is -0.386. The largest absolute Gasteiger partial charge is 0.501 e. The van der Waals surface area contributed by atoms with Gasteiger partial charge in [0.15, 0.2) is 29.3 Å². The molecule has 0 aliphatic carbocycles. The molecular formula is C57H58Br7Cl3IN7O27S. The zero-order chi connectivity index (χ0) is 79.3. The van der Waals surface area contributed by atoms with E-state index >= 15 is 0 Å². The topological polar surface area (TPSA) is 552 Å². The van der Waals surface area contributed by atoms with Crippen molar-refractivity contribution in [1.29, 1.82) is 0 Å². The fraction of sp³-hybridized carbons (Fsp3) is 0.158. The van der Waals surface area contributed by atoms with E-state index in [4.69, 9.17) is 133 Å². The summed E-state index contributed by atoms with van der Waals surface area (Å²) in [5.41, 5.74) is 13.2. The van der Waals surface area contributed by atoms with E-state index in [1.54, 1.807) is 67.8 Å². The number of nitro benzene ring substituents is 2. The number of ether oxygens (including phenoxy) is 6. The summed E-state index contributed by atoms with van der Waals surface area (Å²) < 4.78 is 64.8. The highest BCUT2D eigenvalue weighted by Gasteiger charge is 2.32. The summed E-state index contributed by atoms with van der Waals surface area (Å²) in [4.78, 5) is 74.4. The number of aliphatic hydroxyl groups is 2. The number of phenolic OH excluding ortho intramolecular Hbond substituents is 1. The van der Waals surface area contributed by atoms with Gasteiger partial charge in [0.1, 0.15) is 12.0 Å². The number of nitrogens with one attached hydrogen (secondary N) is 2. The van der Waals surface area contributed by atoms with E-state index in [0.717, 1.165) is 19.6 Å². The van der Waals surface area contributed by atoms with E-state index in [2.05, 4.69) is 127 Å². The van der Waals surface area contributed by atoms with Gasteiger partial charge in [-0.3, -0.25) is 54.2 Å². The fourth-order valence-corrected chi connectivity index (χ4v) is 11.2. The molecule has 34 nitrogen and oxygen atoms in total. The number of aromatic hydroxyl groups is 1. The highest BCUT2D eigenvalue weighted by atomic mass is 127. The molecule has 0 spiro atoms. The van der Waals surface area contributed by atoms with Gasteiger partial charge in [-0.05, 0) is 207 Å². The number of hydrogen-bond donors (Lipinski definition) is 14. The van der Waals surface area contributed by atoms with E-state index in [-0.39, 0.29) is 47.1 Å². The van der Waals surface area contributed by atoms with Crippen molar-refractivity contribution in [2.24, 2.45) is 5.16 Å². The van der Waals surface area contributed by atoms with Crippen molar-refractivity contribution in [3.8, 4) is 40.2 Å². The fourth-order valence-electron chi connectivity index (χ4n) is 6.48. The Bertz CT molecular complexity index is 4080. The van der Waals surface area contributed by atoms with Crippen LogP contribution in [0.2, 0.25) is 0 Å². The van der Waals surface area contributed by atoms with Crippen LogP contribution in [0, 0.1) is 23.8 Å². The van der Waals surface area contributed by atoms with Gasteiger partial charge in [0.25, 0.3) is 17.6 Å². The van der Waals surface area contributed by atoms with E-state index in [1.165, 1.54) is 71.9 Å². The Labute approximate surface area is 672 Å². The number of nitrogens with zero attached hydrogens (tertiary/aromatic N) is 3. The molecule has 1 aliphatic rings. The lowest BCUT2D eigenvalue weighted by Crippen LogP contribution is -2.23. The second kappa shape index (κ2) is 50.6. The highest BCUT2D eigenvalue weighted by molar-refractivity contribution is 14.1. The number of rotatable bonds is 12. The number of hydrogen-bond acceptors (Lipinski definition) is 26. The van der Waals surface area contributed by atoms with Crippen LogP contribution in [-0.4, -0.2) is 157 Å². The average Bonchev–Trinajstić information content (AvgIpc) is 1.64. The lowest BCUT2D eigenvalue weighted by atomic mass is 10.1. The third-order valence-corrected chi connectivity index (χ3v) is 16.7. The summed E-state index contributed by atoms with van der Waals surface area (Å²) in [6, 6.07) is 29.1. The second-order valence-electron chi connectivity index (χ2n) is 17.1. The maximum atomic E-state index is 11.3. The Morgan fingerprint density at radius 1 is 0.612 bits per heavy atom. The average molecular weight is 2100 g/mol. The molecule has 7 aromatic rings. The maximum absolute atomic E-state index is 11.3. The number of aromatic carboxylic acids is 2. The number of halogens is 11. The molecule has 0 unspecified atom stereocenters. The van der Waals surface area contributed by atoms with Gasteiger partial charge >= 0.3 is 33.7 Å². The van der Waals surface area contributed by atoms with Crippen molar-refractivity contribution in [2.75, 3.05) is 64.8 Å². The summed E-state index contributed by atoms with van der Waals surface area (Å²) in [7, 11) is 4.24. The Morgan fingerprint density at radius 2 is 0.981 bits per heavy atom. The molecule has 0 radical (unpaired) electrons. The van der Waals surface area contributed by atoms with Crippen molar-refractivity contribution in [3.05, 3.63) is 181 Å². The molecule has 8 rings (SSSR count). The normalized spacial score (nSPS) is 10.4. The SMILES string of the molecule is C.COc1c(Br)ccc(C(=O)O)c1I.COc1c(Br)ccc(C(=O)O)c1N.COc1c(Br)ccc2c1NC(=O)C2=O.COc1c(Br)cccc1NC(=O)/C=N/O.COc1c(Br)cccc1[N+](=O)[O-].COc1c(N)cccc1Br.O=S(=O)(O)O.O=[N+]([O-])c1cccc(Br)c1O.OC(O)C(Cl)(Cl)Cl.OO. The van der Waals surface area contributed by atoms with Crippen molar-refractivity contribution < 1.29 is 121 Å². The molecule has 566 valence electrons. The smallest absolute Gasteiger partial charge is 0.394 e. The molecular weight excluding hydrogens is 2040 g/mol. The first-order valence-electron chi connectivity index (χ1n) is 25.6. The van der Waals surface area contributed by atoms with Crippen LogP contribution in [0.3, 0.4) is 0 Å². The number of phenols is 1. The number of amides is 2. The number of carbonyl (C=O) groups is 5. The van der Waals surface area contributed by atoms with Crippen LogP contribution in [0.5, 0.6) is 40.2 Å². The Morgan fingerprint density at radius 3 is 1.37 bits per heavy atom. The van der Waals surface area contributed by atoms with Gasteiger partial charge in [-0.1, -0.05) is 71.7 Å². The molecule has 46 heteroatoms. The number of carboxylic acids is 2. The first-order chi connectivity index (χ1) is 47.5. The summed E-state index contributed by atoms with van der Waals surface area (Å²) in [6.45, 7) is 0. The number of aliphatic hydroxyl groups excluding tert-OH is 1. The Balaban J connectivity index is -0.00000110. The number of carbonyl (C=O) groups excluding carboxylic acids is 3. The number of anilines is 4. The molecule has 0 aromatic heterocycles.